The third-order valence-corrected chi connectivity index (χ3v) is 5.95. The molecule has 0 spiro atoms. The van der Waals surface area contributed by atoms with Gasteiger partial charge in [0.2, 0.25) is 0 Å². The summed E-state index contributed by atoms with van der Waals surface area (Å²) in [7, 11) is 0. The molecule has 1 N–H and O–H groups in total. The molecule has 3 heteroatoms. The van der Waals surface area contributed by atoms with E-state index >= 15 is 0 Å². The molecule has 3 nitrogen and oxygen atoms in total. The summed E-state index contributed by atoms with van der Waals surface area (Å²) >= 11 is 0. The van der Waals surface area contributed by atoms with Gasteiger partial charge in [0, 0.05) is 34.8 Å². The summed E-state index contributed by atoms with van der Waals surface area (Å²) in [5.74, 6) is 0.856. The lowest BCUT2D eigenvalue weighted by Gasteiger charge is -2.39. The Morgan fingerprint density at radius 2 is 2.08 bits per heavy atom. The average molecular weight is 330 g/mol. The topological polar surface area (TPSA) is 42.0 Å². The number of rotatable bonds is 1. The Morgan fingerprint density at radius 3 is 2.96 bits per heavy atom. The van der Waals surface area contributed by atoms with E-state index in [1.54, 1.807) is 0 Å². The fourth-order valence-electron chi connectivity index (χ4n) is 4.80. The largest absolute Gasteiger partial charge is 0.377 e. The second kappa shape index (κ2) is 5.83. The van der Waals surface area contributed by atoms with Gasteiger partial charge in [-0.3, -0.25) is 9.78 Å². The van der Waals surface area contributed by atoms with Crippen LogP contribution in [0.25, 0.3) is 16.5 Å². The molecule has 3 aliphatic rings. The summed E-state index contributed by atoms with van der Waals surface area (Å²) < 4.78 is 0. The fourth-order valence-corrected chi connectivity index (χ4v) is 4.80. The first-order valence-electron chi connectivity index (χ1n) is 9.39. The van der Waals surface area contributed by atoms with E-state index in [4.69, 9.17) is 0 Å². The third kappa shape index (κ3) is 2.33. The lowest BCUT2D eigenvalue weighted by molar-refractivity contribution is -0.116. The number of carbonyl (C=O) groups excluding carboxylic acids is 1. The van der Waals surface area contributed by atoms with Crippen LogP contribution in [-0.2, 0) is 4.79 Å². The zero-order chi connectivity index (χ0) is 16.8. The van der Waals surface area contributed by atoms with E-state index in [1.165, 1.54) is 16.8 Å². The van der Waals surface area contributed by atoms with Crippen LogP contribution in [0.5, 0.6) is 0 Å². The summed E-state index contributed by atoms with van der Waals surface area (Å²) in [5.41, 5.74) is 5.75. The summed E-state index contributed by atoms with van der Waals surface area (Å²) in [4.78, 5) is 17.4. The molecule has 0 saturated carbocycles. The van der Waals surface area contributed by atoms with Gasteiger partial charge in [-0.1, -0.05) is 18.2 Å². The molecule has 2 aromatic rings. The van der Waals surface area contributed by atoms with E-state index in [1.807, 2.05) is 12.3 Å². The zero-order valence-corrected chi connectivity index (χ0v) is 14.3. The average Bonchev–Trinajstić information content (AvgIpc) is 2.68. The number of ketones is 1. The molecule has 0 amide bonds. The van der Waals surface area contributed by atoms with Crippen LogP contribution >= 0.6 is 0 Å². The standard InChI is InChI=1S/C22H22N2O/c25-19-10-4-8-16-20-15-9-5-13-23-17(15)11-12-18(20)24-22(21(16)19)14-6-2-1-3-7-14/h1-2,5,9,11-14,22,24H,3-4,6-8,10H2/t14-,22+/m1/s1. The van der Waals surface area contributed by atoms with Crippen LogP contribution in [0.2, 0.25) is 0 Å². The molecule has 126 valence electrons. The van der Waals surface area contributed by atoms with Gasteiger partial charge >= 0.3 is 0 Å². The van der Waals surface area contributed by atoms with Crippen molar-refractivity contribution < 1.29 is 4.79 Å². The maximum absolute atomic E-state index is 12.9. The summed E-state index contributed by atoms with van der Waals surface area (Å²) in [6.45, 7) is 0. The predicted octanol–water partition coefficient (Wildman–Crippen LogP) is 4.89. The smallest absolute Gasteiger partial charge is 0.161 e. The number of carbonyl (C=O) groups is 1. The molecule has 0 radical (unpaired) electrons. The SMILES string of the molecule is O=C1CCCC2=C1[C@H]([C@@H]1CC=CCC1)Nc1ccc3ncccc3c12. The maximum atomic E-state index is 12.9. The number of fused-ring (bicyclic) bond motifs is 4. The van der Waals surface area contributed by atoms with Crippen molar-refractivity contribution in [2.45, 2.75) is 44.6 Å². The molecule has 1 aromatic heterocycles. The van der Waals surface area contributed by atoms with Gasteiger partial charge in [0.15, 0.2) is 5.78 Å². The van der Waals surface area contributed by atoms with E-state index in [0.29, 0.717) is 18.1 Å². The molecule has 2 aliphatic carbocycles. The van der Waals surface area contributed by atoms with Gasteiger partial charge in [-0.25, -0.2) is 0 Å². The number of allylic oxidation sites excluding steroid dienone is 3. The van der Waals surface area contributed by atoms with Gasteiger partial charge in [-0.15, -0.1) is 0 Å². The lowest BCUT2D eigenvalue weighted by Crippen LogP contribution is -2.39. The van der Waals surface area contributed by atoms with Gasteiger partial charge in [0.1, 0.15) is 0 Å². The van der Waals surface area contributed by atoms with Crippen LogP contribution in [0.4, 0.5) is 5.69 Å². The molecule has 25 heavy (non-hydrogen) atoms. The zero-order valence-electron chi connectivity index (χ0n) is 14.3. The van der Waals surface area contributed by atoms with E-state index in [0.717, 1.165) is 48.6 Å². The Morgan fingerprint density at radius 1 is 1.12 bits per heavy atom. The van der Waals surface area contributed by atoms with Crippen LogP contribution in [0, 0.1) is 5.92 Å². The van der Waals surface area contributed by atoms with Gasteiger partial charge in [0.05, 0.1) is 11.6 Å². The Balaban J connectivity index is 1.73. The second-order valence-corrected chi connectivity index (χ2v) is 7.39. The number of anilines is 1. The number of aromatic nitrogens is 1. The Bertz CT molecular complexity index is 925. The van der Waals surface area contributed by atoms with Gasteiger partial charge in [-0.05, 0) is 61.8 Å². The number of hydrogen-bond acceptors (Lipinski definition) is 3. The van der Waals surface area contributed by atoms with Crippen molar-refractivity contribution >= 4 is 27.9 Å². The van der Waals surface area contributed by atoms with Gasteiger partial charge in [-0.2, -0.15) is 0 Å². The molecule has 0 fully saturated rings. The normalized spacial score (nSPS) is 25.5. The number of hydrogen-bond donors (Lipinski definition) is 1. The van der Waals surface area contributed by atoms with E-state index in [2.05, 4.69) is 40.7 Å². The number of nitrogens with zero attached hydrogens (tertiary/aromatic N) is 1. The monoisotopic (exact) mass is 330 g/mol. The highest BCUT2D eigenvalue weighted by atomic mass is 16.1. The molecule has 0 saturated heterocycles. The molecule has 1 aliphatic heterocycles. The Hall–Kier alpha value is -2.42. The van der Waals surface area contributed by atoms with Gasteiger partial charge < -0.3 is 5.32 Å². The molecule has 0 bridgehead atoms. The molecule has 2 atom stereocenters. The van der Waals surface area contributed by atoms with Crippen molar-refractivity contribution in [2.75, 3.05) is 5.32 Å². The molecule has 2 heterocycles. The second-order valence-electron chi connectivity index (χ2n) is 7.39. The minimum absolute atomic E-state index is 0.161. The third-order valence-electron chi connectivity index (χ3n) is 5.95. The van der Waals surface area contributed by atoms with E-state index in [-0.39, 0.29) is 6.04 Å². The summed E-state index contributed by atoms with van der Waals surface area (Å²) in [5, 5.41) is 4.91. The molecular weight excluding hydrogens is 308 g/mol. The number of nitrogens with one attached hydrogen (secondary N) is 1. The van der Waals surface area contributed by atoms with Crippen molar-refractivity contribution in [3.63, 3.8) is 0 Å². The van der Waals surface area contributed by atoms with Crippen molar-refractivity contribution in [1.82, 2.24) is 4.98 Å². The summed E-state index contributed by atoms with van der Waals surface area (Å²) in [6, 6.07) is 8.53. The minimum atomic E-state index is 0.161. The lowest BCUT2D eigenvalue weighted by atomic mass is 9.73. The number of benzene rings is 1. The first-order valence-corrected chi connectivity index (χ1v) is 9.39. The van der Waals surface area contributed by atoms with Crippen LogP contribution < -0.4 is 5.32 Å². The molecular formula is C22H22N2O. The van der Waals surface area contributed by atoms with Crippen LogP contribution in [-0.4, -0.2) is 16.8 Å². The highest BCUT2D eigenvalue weighted by molar-refractivity contribution is 6.12. The Kier molecular flexibility index (Phi) is 3.47. The van der Waals surface area contributed by atoms with Crippen LogP contribution in [0.3, 0.4) is 0 Å². The molecule has 5 rings (SSSR count). The van der Waals surface area contributed by atoms with Crippen LogP contribution in [0.1, 0.15) is 44.1 Å². The van der Waals surface area contributed by atoms with Crippen molar-refractivity contribution in [3.8, 4) is 0 Å². The van der Waals surface area contributed by atoms with Crippen LogP contribution in [0.15, 0.2) is 48.2 Å². The van der Waals surface area contributed by atoms with E-state index < -0.39 is 0 Å². The quantitative estimate of drug-likeness (QED) is 0.757. The minimum Gasteiger partial charge on any atom is -0.377 e. The first kappa shape index (κ1) is 14.9. The highest BCUT2D eigenvalue weighted by Gasteiger charge is 2.37. The number of Topliss-reactive ketones (excluding diaryl/α,β-unsaturated/α-hetero) is 1. The predicted molar refractivity (Wildman–Crippen MR) is 101 cm³/mol. The van der Waals surface area contributed by atoms with Crippen molar-refractivity contribution in [3.05, 3.63) is 53.8 Å². The van der Waals surface area contributed by atoms with Gasteiger partial charge in [0.25, 0.3) is 0 Å². The Labute approximate surface area is 147 Å². The van der Waals surface area contributed by atoms with Crippen molar-refractivity contribution in [1.29, 1.82) is 0 Å². The fraction of sp³-hybridized carbons (Fsp3) is 0.364. The first-order chi connectivity index (χ1) is 12.3. The highest BCUT2D eigenvalue weighted by Crippen LogP contribution is 2.46. The molecule has 0 unspecified atom stereocenters. The number of pyridine rings is 1. The van der Waals surface area contributed by atoms with E-state index in [9.17, 15) is 4.79 Å². The maximum Gasteiger partial charge on any atom is 0.161 e. The molecule has 1 aromatic carbocycles. The van der Waals surface area contributed by atoms with Crippen molar-refractivity contribution in [2.24, 2.45) is 5.92 Å². The summed E-state index contributed by atoms with van der Waals surface area (Å²) in [6.07, 6.45) is 12.4.